The minimum atomic E-state index is -0.173. The normalized spacial score (nSPS) is 35.8. The van der Waals surface area contributed by atoms with Crippen molar-refractivity contribution in [3.63, 3.8) is 0 Å². The topological polar surface area (TPSA) is 49.7 Å². The van der Waals surface area contributed by atoms with Crippen LogP contribution in [-0.2, 0) is 9.59 Å². The molecule has 1 aromatic carbocycles. The van der Waals surface area contributed by atoms with Crippen LogP contribution in [0.25, 0.3) is 0 Å². The molecule has 5 heteroatoms. The van der Waals surface area contributed by atoms with E-state index in [0.29, 0.717) is 0 Å². The number of allylic oxidation sites excluding steroid dienone is 2. The third-order valence-corrected chi connectivity index (χ3v) is 6.67. The summed E-state index contributed by atoms with van der Waals surface area (Å²) in [6.45, 7) is 0. The van der Waals surface area contributed by atoms with Crippen molar-refractivity contribution in [1.29, 1.82) is 0 Å². The van der Waals surface area contributed by atoms with Crippen molar-refractivity contribution >= 4 is 40.6 Å². The van der Waals surface area contributed by atoms with Crippen molar-refractivity contribution < 1.29 is 9.59 Å². The highest BCUT2D eigenvalue weighted by molar-refractivity contribution is 14.1. The second-order valence-electron chi connectivity index (χ2n) is 7.01. The molecule has 2 bridgehead atoms. The van der Waals surface area contributed by atoms with Gasteiger partial charge in [-0.05, 0) is 70.4 Å². The van der Waals surface area contributed by atoms with E-state index in [0.717, 1.165) is 27.0 Å². The van der Waals surface area contributed by atoms with Crippen molar-refractivity contribution in [3.8, 4) is 0 Å². The Balaban J connectivity index is 1.44. The lowest BCUT2D eigenvalue weighted by molar-refractivity contribution is -0.141. The molecule has 1 spiro atoms. The predicted octanol–water partition coefficient (Wildman–Crippen LogP) is 2.82. The largest absolute Gasteiger partial charge is 0.272 e. The Labute approximate surface area is 147 Å². The summed E-state index contributed by atoms with van der Waals surface area (Å²) in [7, 11) is 0. The zero-order valence-corrected chi connectivity index (χ0v) is 14.5. The van der Waals surface area contributed by atoms with Gasteiger partial charge in [0.2, 0.25) is 0 Å². The molecular weight excluding hydrogens is 403 g/mol. The standard InChI is InChI=1S/C18H15IN2O2/c19-11-3-1-2-10(8-11)9-20-21-16(22)14-12-4-5-13(15(14)17(21)23)18(12)6-7-18/h1-5,8-9,12-15H,6-7H2/b20-9-/t12-,13-,14+,15+/m1/s1. The zero-order valence-electron chi connectivity index (χ0n) is 12.4. The van der Waals surface area contributed by atoms with E-state index < -0.39 is 0 Å². The van der Waals surface area contributed by atoms with Crippen LogP contribution < -0.4 is 0 Å². The van der Waals surface area contributed by atoms with Gasteiger partial charge in [-0.15, -0.1) is 0 Å². The second kappa shape index (κ2) is 4.53. The maximum atomic E-state index is 12.7. The number of hydrazone groups is 1. The summed E-state index contributed by atoms with van der Waals surface area (Å²) in [6.07, 6.45) is 8.29. The number of fused-ring (bicyclic) bond motifs is 3. The van der Waals surface area contributed by atoms with Gasteiger partial charge in [0, 0.05) is 3.57 Å². The molecule has 1 aromatic rings. The van der Waals surface area contributed by atoms with Crippen molar-refractivity contribution in [2.24, 2.45) is 34.2 Å². The third-order valence-electron chi connectivity index (χ3n) is 6.00. The van der Waals surface area contributed by atoms with Gasteiger partial charge in [0.1, 0.15) is 0 Å². The lowest BCUT2D eigenvalue weighted by Gasteiger charge is -2.18. The summed E-state index contributed by atoms with van der Waals surface area (Å²) in [6, 6.07) is 7.82. The molecule has 3 fully saturated rings. The van der Waals surface area contributed by atoms with Gasteiger partial charge < -0.3 is 0 Å². The highest BCUT2D eigenvalue weighted by atomic mass is 127. The Bertz CT molecular complexity index is 762. The van der Waals surface area contributed by atoms with Crippen LogP contribution in [0.5, 0.6) is 0 Å². The summed E-state index contributed by atoms with van der Waals surface area (Å²) in [4.78, 5) is 25.5. The number of benzene rings is 1. The summed E-state index contributed by atoms with van der Waals surface area (Å²) in [5.41, 5.74) is 1.14. The molecule has 0 radical (unpaired) electrons. The lowest BCUT2D eigenvalue weighted by atomic mass is 9.85. The second-order valence-corrected chi connectivity index (χ2v) is 8.25. The number of amides is 2. The molecule has 2 saturated carbocycles. The van der Waals surface area contributed by atoms with E-state index in [-0.39, 0.29) is 40.9 Å². The van der Waals surface area contributed by atoms with Crippen molar-refractivity contribution in [3.05, 3.63) is 45.6 Å². The van der Waals surface area contributed by atoms with E-state index in [1.807, 2.05) is 24.3 Å². The van der Waals surface area contributed by atoms with Crippen molar-refractivity contribution in [2.75, 3.05) is 0 Å². The summed E-state index contributed by atoms with van der Waals surface area (Å²) in [5.74, 6) is -0.0465. The molecule has 0 N–H and O–H groups in total. The van der Waals surface area contributed by atoms with Crippen LogP contribution in [0, 0.1) is 32.7 Å². The molecule has 23 heavy (non-hydrogen) atoms. The highest BCUT2D eigenvalue weighted by Crippen LogP contribution is 2.73. The number of imide groups is 1. The summed E-state index contributed by atoms with van der Waals surface area (Å²) in [5, 5.41) is 5.34. The number of rotatable bonds is 2. The number of carbonyl (C=O) groups excluding carboxylic acids is 2. The first kappa shape index (κ1) is 13.9. The molecule has 4 aliphatic rings. The molecule has 0 unspecified atom stereocenters. The average molecular weight is 418 g/mol. The maximum Gasteiger partial charge on any atom is 0.254 e. The van der Waals surface area contributed by atoms with E-state index in [9.17, 15) is 9.59 Å². The van der Waals surface area contributed by atoms with E-state index in [1.54, 1.807) is 6.21 Å². The predicted molar refractivity (Wildman–Crippen MR) is 93.4 cm³/mol. The zero-order chi connectivity index (χ0) is 15.8. The molecule has 4 atom stereocenters. The maximum absolute atomic E-state index is 12.7. The van der Waals surface area contributed by atoms with E-state index in [1.165, 1.54) is 0 Å². The SMILES string of the molecule is O=C1[C@@H]2[C@@H](C(=O)N1/N=C\c1cccc(I)c1)[C@H]1C=C[C@H]2C12CC2. The smallest absolute Gasteiger partial charge is 0.254 e. The number of halogens is 1. The van der Waals surface area contributed by atoms with E-state index in [2.05, 4.69) is 39.8 Å². The molecule has 4 nitrogen and oxygen atoms in total. The fourth-order valence-corrected chi connectivity index (χ4v) is 5.46. The van der Waals surface area contributed by atoms with Crippen molar-refractivity contribution in [2.45, 2.75) is 12.8 Å². The lowest BCUT2D eigenvalue weighted by Crippen LogP contribution is -2.30. The summed E-state index contributed by atoms with van der Waals surface area (Å²) >= 11 is 2.23. The van der Waals surface area contributed by atoms with Crippen LogP contribution in [0.2, 0.25) is 0 Å². The monoisotopic (exact) mass is 418 g/mol. The fourth-order valence-electron chi connectivity index (χ4n) is 4.89. The number of hydrogen-bond donors (Lipinski definition) is 0. The van der Waals surface area contributed by atoms with E-state index in [4.69, 9.17) is 0 Å². The van der Waals surface area contributed by atoms with Crippen LogP contribution in [0.4, 0.5) is 0 Å². The Kier molecular flexibility index (Phi) is 2.73. The quantitative estimate of drug-likeness (QED) is 0.321. The van der Waals surface area contributed by atoms with Crippen LogP contribution in [-0.4, -0.2) is 23.0 Å². The van der Waals surface area contributed by atoms with Gasteiger partial charge in [-0.2, -0.15) is 10.1 Å². The van der Waals surface area contributed by atoms with Gasteiger partial charge in [0.25, 0.3) is 11.8 Å². The third kappa shape index (κ3) is 1.74. The van der Waals surface area contributed by atoms with Gasteiger partial charge in [-0.3, -0.25) is 9.59 Å². The van der Waals surface area contributed by atoms with E-state index >= 15 is 0 Å². The van der Waals surface area contributed by atoms with Gasteiger partial charge in [-0.1, -0.05) is 24.3 Å². The van der Waals surface area contributed by atoms with Crippen LogP contribution in [0.15, 0.2) is 41.5 Å². The first-order valence-corrected chi connectivity index (χ1v) is 9.05. The highest BCUT2D eigenvalue weighted by Gasteiger charge is 2.73. The van der Waals surface area contributed by atoms with Gasteiger partial charge in [-0.25, -0.2) is 0 Å². The van der Waals surface area contributed by atoms with Crippen molar-refractivity contribution in [1.82, 2.24) is 5.01 Å². The van der Waals surface area contributed by atoms with Crippen LogP contribution in [0.1, 0.15) is 18.4 Å². The van der Waals surface area contributed by atoms with Crippen LogP contribution in [0.3, 0.4) is 0 Å². The summed E-state index contributed by atoms with van der Waals surface area (Å²) < 4.78 is 1.10. The van der Waals surface area contributed by atoms with Gasteiger partial charge >= 0.3 is 0 Å². The molecule has 5 rings (SSSR count). The van der Waals surface area contributed by atoms with Gasteiger partial charge in [0.15, 0.2) is 0 Å². The number of carbonyl (C=O) groups is 2. The molecule has 0 aromatic heterocycles. The molecule has 3 aliphatic carbocycles. The first-order valence-electron chi connectivity index (χ1n) is 7.97. The first-order chi connectivity index (χ1) is 11.1. The Morgan fingerprint density at radius 3 is 2.35 bits per heavy atom. The Morgan fingerprint density at radius 2 is 1.78 bits per heavy atom. The number of nitrogens with zero attached hydrogens (tertiary/aromatic N) is 2. The minimum Gasteiger partial charge on any atom is -0.272 e. The fraction of sp³-hybridized carbons (Fsp3) is 0.389. The molecule has 1 saturated heterocycles. The molecule has 116 valence electrons. The Morgan fingerprint density at radius 1 is 1.13 bits per heavy atom. The molecule has 2 amide bonds. The average Bonchev–Trinajstić information content (AvgIpc) is 3.13. The molecule has 1 heterocycles. The Hall–Kier alpha value is -1.50. The molecular formula is C18H15IN2O2. The van der Waals surface area contributed by atoms with Gasteiger partial charge in [0.05, 0.1) is 18.1 Å². The number of hydrogen-bond acceptors (Lipinski definition) is 3. The minimum absolute atomic E-state index is 0.106. The van der Waals surface area contributed by atoms with Crippen LogP contribution >= 0.6 is 22.6 Å². The molecule has 1 aliphatic heterocycles.